The average molecular weight is 386 g/mol. The Balaban J connectivity index is 1.31. The molecule has 2 aromatic carbocycles. The van der Waals surface area contributed by atoms with E-state index in [9.17, 15) is 4.79 Å². The quantitative estimate of drug-likeness (QED) is 0.723. The molecule has 0 radical (unpaired) electrons. The van der Waals surface area contributed by atoms with Gasteiger partial charge in [-0.1, -0.05) is 42.5 Å². The number of pyridine rings is 1. The van der Waals surface area contributed by atoms with E-state index >= 15 is 0 Å². The Hall–Kier alpha value is -3.34. The summed E-state index contributed by atoms with van der Waals surface area (Å²) in [5.74, 6) is 0.930. The van der Waals surface area contributed by atoms with E-state index in [-0.39, 0.29) is 5.91 Å². The monoisotopic (exact) mass is 386 g/mol. The summed E-state index contributed by atoms with van der Waals surface area (Å²) in [5, 5.41) is 2.95. The van der Waals surface area contributed by atoms with E-state index in [0.717, 1.165) is 48.8 Å². The molecule has 1 N–H and O–H groups in total. The van der Waals surface area contributed by atoms with Crippen LogP contribution in [0.5, 0.6) is 0 Å². The van der Waals surface area contributed by atoms with Crippen molar-refractivity contribution in [1.29, 1.82) is 0 Å². The fraction of sp³-hybridized carbons (Fsp3) is 0.250. The van der Waals surface area contributed by atoms with Gasteiger partial charge in [0.25, 0.3) is 0 Å². The fourth-order valence-electron chi connectivity index (χ4n) is 3.67. The molecule has 1 aliphatic rings. The van der Waals surface area contributed by atoms with Crippen molar-refractivity contribution in [2.75, 3.05) is 41.3 Å². The largest absolute Gasteiger partial charge is 0.368 e. The second-order valence-corrected chi connectivity index (χ2v) is 7.37. The minimum Gasteiger partial charge on any atom is -0.368 e. The van der Waals surface area contributed by atoms with Crippen molar-refractivity contribution < 1.29 is 4.79 Å². The van der Waals surface area contributed by atoms with Crippen molar-refractivity contribution in [3.8, 4) is 0 Å². The summed E-state index contributed by atoms with van der Waals surface area (Å²) >= 11 is 0. The van der Waals surface area contributed by atoms with E-state index in [2.05, 4.69) is 44.4 Å². The summed E-state index contributed by atoms with van der Waals surface area (Å²) in [5.41, 5.74) is 4.18. The van der Waals surface area contributed by atoms with Crippen molar-refractivity contribution in [2.45, 2.75) is 13.3 Å². The summed E-state index contributed by atoms with van der Waals surface area (Å²) in [4.78, 5) is 21.6. The number of nitrogens with one attached hydrogen (secondary N) is 1. The van der Waals surface area contributed by atoms with E-state index in [0.29, 0.717) is 6.42 Å². The van der Waals surface area contributed by atoms with Gasteiger partial charge < -0.3 is 15.1 Å². The molecule has 3 aromatic rings. The number of amides is 1. The number of carbonyl (C=O) groups excluding carboxylic acids is 1. The first-order valence-corrected chi connectivity index (χ1v) is 10.0. The van der Waals surface area contributed by atoms with Crippen LogP contribution in [0.25, 0.3) is 0 Å². The highest BCUT2D eigenvalue weighted by Gasteiger charge is 2.18. The van der Waals surface area contributed by atoms with Gasteiger partial charge in [-0.15, -0.1) is 0 Å². The molecule has 1 saturated heterocycles. The first-order chi connectivity index (χ1) is 14.2. The molecule has 1 aliphatic heterocycles. The molecule has 0 atom stereocenters. The number of benzene rings is 2. The number of anilines is 3. The number of hydrogen-bond donors (Lipinski definition) is 1. The maximum atomic E-state index is 12.3. The first kappa shape index (κ1) is 19.0. The number of hydrogen-bond acceptors (Lipinski definition) is 4. The molecule has 1 amide bonds. The molecular formula is C24H26N4O. The predicted molar refractivity (Wildman–Crippen MR) is 119 cm³/mol. The summed E-state index contributed by atoms with van der Waals surface area (Å²) in [6.45, 7) is 5.83. The molecular weight excluding hydrogens is 360 g/mol. The first-order valence-electron chi connectivity index (χ1n) is 10.0. The SMILES string of the molecule is Cc1ccccc1CC(=O)Nc1ccc(N2CCN(c3ccccc3)CC2)nc1. The minimum absolute atomic E-state index is 0.0228. The summed E-state index contributed by atoms with van der Waals surface area (Å²) < 4.78 is 0. The van der Waals surface area contributed by atoms with Crippen LogP contribution in [0, 0.1) is 6.92 Å². The van der Waals surface area contributed by atoms with Gasteiger partial charge >= 0.3 is 0 Å². The zero-order chi connectivity index (χ0) is 20.1. The van der Waals surface area contributed by atoms with Crippen LogP contribution >= 0.6 is 0 Å². The van der Waals surface area contributed by atoms with Gasteiger partial charge in [0.15, 0.2) is 0 Å². The lowest BCUT2D eigenvalue weighted by atomic mass is 10.1. The predicted octanol–water partition coefficient (Wildman–Crippen LogP) is 3.90. The molecule has 1 fully saturated rings. The van der Waals surface area contributed by atoms with Gasteiger partial charge in [0.05, 0.1) is 18.3 Å². The minimum atomic E-state index is -0.0228. The lowest BCUT2D eigenvalue weighted by Crippen LogP contribution is -2.46. The number of para-hydroxylation sites is 1. The highest BCUT2D eigenvalue weighted by molar-refractivity contribution is 5.92. The number of aryl methyl sites for hydroxylation is 1. The normalized spacial score (nSPS) is 14.0. The number of aromatic nitrogens is 1. The third kappa shape index (κ3) is 4.74. The van der Waals surface area contributed by atoms with Crippen molar-refractivity contribution in [1.82, 2.24) is 4.98 Å². The van der Waals surface area contributed by atoms with Gasteiger partial charge in [0, 0.05) is 31.9 Å². The molecule has 1 aromatic heterocycles. The van der Waals surface area contributed by atoms with E-state index < -0.39 is 0 Å². The molecule has 5 heteroatoms. The van der Waals surface area contributed by atoms with Gasteiger partial charge in [-0.05, 0) is 42.3 Å². The van der Waals surface area contributed by atoms with Crippen LogP contribution < -0.4 is 15.1 Å². The molecule has 148 valence electrons. The van der Waals surface area contributed by atoms with Crippen LogP contribution in [0.15, 0.2) is 72.9 Å². The van der Waals surface area contributed by atoms with Crippen molar-refractivity contribution in [2.24, 2.45) is 0 Å². The van der Waals surface area contributed by atoms with Gasteiger partial charge in [-0.25, -0.2) is 4.98 Å². The third-order valence-electron chi connectivity index (χ3n) is 5.37. The summed E-state index contributed by atoms with van der Waals surface area (Å²) in [7, 11) is 0. The smallest absolute Gasteiger partial charge is 0.228 e. The zero-order valence-electron chi connectivity index (χ0n) is 16.7. The Labute approximate surface area is 172 Å². The Morgan fingerprint density at radius 3 is 2.28 bits per heavy atom. The maximum Gasteiger partial charge on any atom is 0.228 e. The zero-order valence-corrected chi connectivity index (χ0v) is 16.7. The van der Waals surface area contributed by atoms with Gasteiger partial charge in [0.2, 0.25) is 5.91 Å². The van der Waals surface area contributed by atoms with E-state index in [1.165, 1.54) is 5.69 Å². The van der Waals surface area contributed by atoms with Crippen LogP contribution in [0.2, 0.25) is 0 Å². The van der Waals surface area contributed by atoms with Crippen LogP contribution in [0.1, 0.15) is 11.1 Å². The highest BCUT2D eigenvalue weighted by Crippen LogP contribution is 2.20. The Bertz CT molecular complexity index is 948. The number of nitrogens with zero attached hydrogens (tertiary/aromatic N) is 3. The number of rotatable bonds is 5. The lowest BCUT2D eigenvalue weighted by molar-refractivity contribution is -0.115. The number of piperazine rings is 1. The topological polar surface area (TPSA) is 48.5 Å². The molecule has 0 saturated carbocycles. The molecule has 4 rings (SSSR count). The maximum absolute atomic E-state index is 12.3. The number of carbonyl (C=O) groups is 1. The van der Waals surface area contributed by atoms with Gasteiger partial charge in [-0.3, -0.25) is 4.79 Å². The van der Waals surface area contributed by atoms with Crippen LogP contribution in [-0.4, -0.2) is 37.1 Å². The Morgan fingerprint density at radius 2 is 1.59 bits per heavy atom. The molecule has 0 spiro atoms. The second-order valence-electron chi connectivity index (χ2n) is 7.37. The van der Waals surface area contributed by atoms with Crippen LogP contribution in [0.4, 0.5) is 17.2 Å². The van der Waals surface area contributed by atoms with E-state index in [1.54, 1.807) is 6.20 Å². The van der Waals surface area contributed by atoms with E-state index in [4.69, 9.17) is 0 Å². The van der Waals surface area contributed by atoms with Crippen molar-refractivity contribution in [3.63, 3.8) is 0 Å². The van der Waals surface area contributed by atoms with Gasteiger partial charge in [-0.2, -0.15) is 0 Å². The Morgan fingerprint density at radius 1 is 0.897 bits per heavy atom. The third-order valence-corrected chi connectivity index (χ3v) is 5.37. The lowest BCUT2D eigenvalue weighted by Gasteiger charge is -2.36. The molecule has 5 nitrogen and oxygen atoms in total. The van der Waals surface area contributed by atoms with Crippen molar-refractivity contribution in [3.05, 3.63) is 84.1 Å². The molecule has 0 unspecified atom stereocenters. The molecule has 29 heavy (non-hydrogen) atoms. The van der Waals surface area contributed by atoms with E-state index in [1.807, 2.05) is 49.4 Å². The van der Waals surface area contributed by atoms with Crippen LogP contribution in [0.3, 0.4) is 0 Å². The van der Waals surface area contributed by atoms with Crippen LogP contribution in [-0.2, 0) is 11.2 Å². The Kier molecular flexibility index (Phi) is 5.75. The summed E-state index contributed by atoms with van der Waals surface area (Å²) in [6, 6.07) is 22.4. The highest BCUT2D eigenvalue weighted by atomic mass is 16.1. The van der Waals surface area contributed by atoms with Gasteiger partial charge in [0.1, 0.15) is 5.82 Å². The molecule has 0 aliphatic carbocycles. The second kappa shape index (κ2) is 8.78. The van der Waals surface area contributed by atoms with Crippen molar-refractivity contribution >= 4 is 23.1 Å². The fourth-order valence-corrected chi connectivity index (χ4v) is 3.67. The molecule has 2 heterocycles. The molecule has 0 bridgehead atoms. The average Bonchev–Trinajstić information content (AvgIpc) is 2.77. The summed E-state index contributed by atoms with van der Waals surface area (Å²) in [6.07, 6.45) is 2.12. The standard InChI is InChI=1S/C24H26N4O/c1-19-7-5-6-8-20(19)17-24(29)26-21-11-12-23(25-18-21)28-15-13-27(14-16-28)22-9-3-2-4-10-22/h2-12,18H,13-17H2,1H3,(H,26,29).